The molecule has 0 bridgehead atoms. The molecule has 1 atom stereocenters. The summed E-state index contributed by atoms with van der Waals surface area (Å²) in [7, 11) is 3.37. The number of nitrogens with one attached hydrogen (secondary N) is 1. The van der Waals surface area contributed by atoms with Gasteiger partial charge in [0.1, 0.15) is 0 Å². The Bertz CT molecular complexity index is 634. The topological polar surface area (TPSA) is 21.3 Å². The summed E-state index contributed by atoms with van der Waals surface area (Å²) in [5.41, 5.74) is 2.04. The van der Waals surface area contributed by atoms with E-state index in [2.05, 4.69) is 43.2 Å². The van der Waals surface area contributed by atoms with E-state index in [1.807, 2.05) is 25.2 Å². The van der Waals surface area contributed by atoms with Crippen LogP contribution in [0.1, 0.15) is 17.2 Å². The van der Waals surface area contributed by atoms with E-state index < -0.39 is 0 Å². The summed E-state index contributed by atoms with van der Waals surface area (Å²) in [5, 5.41) is 3.28. The predicted molar refractivity (Wildman–Crippen MR) is 90.3 cm³/mol. The van der Waals surface area contributed by atoms with Gasteiger partial charge in [0.25, 0.3) is 0 Å². The fraction of sp³-hybridized carbons (Fsp3) is 0.250. The van der Waals surface area contributed by atoms with Crippen LogP contribution < -0.4 is 10.1 Å². The van der Waals surface area contributed by atoms with E-state index in [0.29, 0.717) is 6.42 Å². The lowest BCUT2D eigenvalue weighted by Gasteiger charge is -2.19. The first kappa shape index (κ1) is 16.5. The number of rotatable bonds is 5. The maximum absolute atomic E-state index is 13.8. The van der Waals surface area contributed by atoms with Crippen LogP contribution in [-0.4, -0.2) is 14.2 Å². The third kappa shape index (κ3) is 4.05. The second-order valence-electron chi connectivity index (χ2n) is 4.68. The molecule has 0 spiro atoms. The van der Waals surface area contributed by atoms with Crippen LogP contribution in [0, 0.1) is 5.82 Å². The Balaban J connectivity index is 2.26. The van der Waals surface area contributed by atoms with Crippen molar-refractivity contribution in [2.45, 2.75) is 12.5 Å². The number of methoxy groups -OCH3 is 1. The lowest BCUT2D eigenvalue weighted by atomic mass is 9.99. The van der Waals surface area contributed by atoms with Crippen LogP contribution in [0.25, 0.3) is 0 Å². The molecule has 0 radical (unpaired) electrons. The molecule has 0 heterocycles. The standard InChI is InChI=1S/C16H16Br2FNO/c1-20-15(12-9-11(17)4-5-13(12)18)8-10-3-6-16(21-2)14(19)7-10/h3-7,9,15,20H,8H2,1-2H3. The molecule has 1 unspecified atom stereocenters. The van der Waals surface area contributed by atoms with Crippen molar-refractivity contribution in [3.05, 3.63) is 62.3 Å². The highest BCUT2D eigenvalue weighted by atomic mass is 79.9. The largest absolute Gasteiger partial charge is 0.494 e. The lowest BCUT2D eigenvalue weighted by molar-refractivity contribution is 0.386. The Labute approximate surface area is 141 Å². The molecule has 0 aliphatic carbocycles. The zero-order valence-electron chi connectivity index (χ0n) is 11.8. The van der Waals surface area contributed by atoms with Crippen molar-refractivity contribution in [3.63, 3.8) is 0 Å². The molecular formula is C16H16Br2FNO. The fourth-order valence-corrected chi connectivity index (χ4v) is 3.12. The minimum absolute atomic E-state index is 0.0877. The molecule has 0 aliphatic heterocycles. The van der Waals surface area contributed by atoms with Crippen molar-refractivity contribution in [1.29, 1.82) is 0 Å². The Morgan fingerprint density at radius 2 is 1.95 bits per heavy atom. The number of hydrogen-bond acceptors (Lipinski definition) is 2. The van der Waals surface area contributed by atoms with Gasteiger partial charge in [-0.3, -0.25) is 0 Å². The summed E-state index contributed by atoms with van der Waals surface area (Å²) in [6.07, 6.45) is 0.687. The van der Waals surface area contributed by atoms with E-state index in [1.165, 1.54) is 13.2 Å². The molecule has 0 saturated heterocycles. The second kappa shape index (κ2) is 7.38. The van der Waals surface area contributed by atoms with Gasteiger partial charge in [-0.25, -0.2) is 4.39 Å². The smallest absolute Gasteiger partial charge is 0.165 e. The normalized spacial score (nSPS) is 12.2. The zero-order valence-corrected chi connectivity index (χ0v) is 15.0. The van der Waals surface area contributed by atoms with Crippen molar-refractivity contribution >= 4 is 31.9 Å². The fourth-order valence-electron chi connectivity index (χ4n) is 2.22. The molecule has 2 nitrogen and oxygen atoms in total. The minimum Gasteiger partial charge on any atom is -0.494 e. The number of benzene rings is 2. The van der Waals surface area contributed by atoms with Crippen LogP contribution in [0.5, 0.6) is 5.75 Å². The molecule has 1 N–H and O–H groups in total. The third-order valence-corrected chi connectivity index (χ3v) is 4.55. The molecule has 2 aromatic carbocycles. The Morgan fingerprint density at radius 3 is 2.57 bits per heavy atom. The molecule has 112 valence electrons. The summed E-state index contributed by atoms with van der Waals surface area (Å²) < 4.78 is 20.8. The van der Waals surface area contributed by atoms with Crippen LogP contribution in [-0.2, 0) is 6.42 Å². The van der Waals surface area contributed by atoms with Crippen molar-refractivity contribution in [2.75, 3.05) is 14.2 Å². The number of likely N-dealkylation sites (N-methyl/N-ethyl adjacent to an activating group) is 1. The SMILES string of the molecule is CNC(Cc1ccc(OC)c(F)c1)c1cc(Br)ccc1Br. The molecule has 2 aromatic rings. The van der Waals surface area contributed by atoms with Crippen molar-refractivity contribution in [2.24, 2.45) is 0 Å². The van der Waals surface area contributed by atoms with Crippen molar-refractivity contribution in [3.8, 4) is 5.75 Å². The zero-order chi connectivity index (χ0) is 15.4. The highest BCUT2D eigenvalue weighted by Gasteiger charge is 2.15. The van der Waals surface area contributed by atoms with Crippen molar-refractivity contribution < 1.29 is 9.13 Å². The highest BCUT2D eigenvalue weighted by molar-refractivity contribution is 9.11. The summed E-state index contributed by atoms with van der Waals surface area (Å²) in [5.74, 6) is -0.0680. The van der Waals surface area contributed by atoms with E-state index in [0.717, 1.165) is 20.1 Å². The maximum atomic E-state index is 13.8. The first-order valence-corrected chi connectivity index (χ1v) is 8.08. The van der Waals surface area contributed by atoms with Gasteiger partial charge in [-0.2, -0.15) is 0 Å². The molecule has 0 aromatic heterocycles. The Morgan fingerprint density at radius 1 is 1.19 bits per heavy atom. The molecule has 21 heavy (non-hydrogen) atoms. The molecule has 0 amide bonds. The van der Waals surface area contributed by atoms with Crippen LogP contribution in [0.2, 0.25) is 0 Å². The van der Waals surface area contributed by atoms with Gasteiger partial charge in [-0.15, -0.1) is 0 Å². The van der Waals surface area contributed by atoms with Gasteiger partial charge in [0.15, 0.2) is 11.6 Å². The monoisotopic (exact) mass is 415 g/mol. The third-order valence-electron chi connectivity index (χ3n) is 3.34. The molecule has 0 fully saturated rings. The van der Waals surface area contributed by atoms with Crippen LogP contribution >= 0.6 is 31.9 Å². The summed E-state index contributed by atoms with van der Waals surface area (Å²) in [6, 6.07) is 11.2. The number of hydrogen-bond donors (Lipinski definition) is 1. The van der Waals surface area contributed by atoms with E-state index in [1.54, 1.807) is 6.07 Å². The Hall–Kier alpha value is -0.910. The lowest BCUT2D eigenvalue weighted by Crippen LogP contribution is -2.19. The molecule has 2 rings (SSSR count). The first-order chi connectivity index (χ1) is 10.0. The second-order valence-corrected chi connectivity index (χ2v) is 6.45. The molecule has 0 saturated carbocycles. The highest BCUT2D eigenvalue weighted by Crippen LogP contribution is 2.29. The van der Waals surface area contributed by atoms with Gasteiger partial charge in [0.2, 0.25) is 0 Å². The number of halogens is 3. The van der Waals surface area contributed by atoms with Gasteiger partial charge in [0, 0.05) is 15.0 Å². The molecule has 5 heteroatoms. The number of ether oxygens (including phenoxy) is 1. The Kier molecular flexibility index (Phi) is 5.79. The van der Waals surface area contributed by atoms with Gasteiger partial charge in [0.05, 0.1) is 7.11 Å². The quantitative estimate of drug-likeness (QED) is 0.751. The summed E-state index contributed by atoms with van der Waals surface area (Å²) in [4.78, 5) is 0. The summed E-state index contributed by atoms with van der Waals surface area (Å²) in [6.45, 7) is 0. The van der Waals surface area contributed by atoms with Gasteiger partial charge in [-0.1, -0.05) is 37.9 Å². The average Bonchev–Trinajstić information content (AvgIpc) is 2.47. The van der Waals surface area contributed by atoms with E-state index in [4.69, 9.17) is 4.74 Å². The van der Waals surface area contributed by atoms with Crippen LogP contribution in [0.15, 0.2) is 45.3 Å². The first-order valence-electron chi connectivity index (χ1n) is 6.49. The van der Waals surface area contributed by atoms with Crippen LogP contribution in [0.3, 0.4) is 0 Å². The average molecular weight is 417 g/mol. The van der Waals surface area contributed by atoms with Gasteiger partial charge >= 0.3 is 0 Å². The van der Waals surface area contributed by atoms with E-state index in [-0.39, 0.29) is 17.6 Å². The van der Waals surface area contributed by atoms with E-state index >= 15 is 0 Å². The van der Waals surface area contributed by atoms with E-state index in [9.17, 15) is 4.39 Å². The minimum atomic E-state index is -0.335. The van der Waals surface area contributed by atoms with Gasteiger partial charge < -0.3 is 10.1 Å². The summed E-state index contributed by atoms with van der Waals surface area (Å²) >= 11 is 7.05. The maximum Gasteiger partial charge on any atom is 0.165 e. The molecule has 0 aliphatic rings. The van der Waals surface area contributed by atoms with Crippen LogP contribution in [0.4, 0.5) is 4.39 Å². The predicted octanol–water partition coefficient (Wildman–Crippen LogP) is 4.86. The van der Waals surface area contributed by atoms with Crippen molar-refractivity contribution in [1.82, 2.24) is 5.32 Å². The molecular weight excluding hydrogens is 401 g/mol. The van der Waals surface area contributed by atoms with Gasteiger partial charge in [-0.05, 0) is 54.9 Å².